The highest BCUT2D eigenvalue weighted by Gasteiger charge is 2.13. The van der Waals surface area contributed by atoms with Gasteiger partial charge in [-0.3, -0.25) is 9.89 Å². The Bertz CT molecular complexity index is 625. The topological polar surface area (TPSA) is 87.2 Å². The van der Waals surface area contributed by atoms with Gasteiger partial charge in [-0.2, -0.15) is 5.10 Å². The van der Waals surface area contributed by atoms with E-state index in [0.717, 1.165) is 18.5 Å². The number of aryl methyl sites for hydroxylation is 1. The molecule has 0 aliphatic heterocycles. The highest BCUT2D eigenvalue weighted by atomic mass is 16.5. The van der Waals surface area contributed by atoms with Crippen molar-refractivity contribution >= 4 is 5.91 Å². The molecule has 0 bridgehead atoms. The Kier molecular flexibility index (Phi) is 5.55. The van der Waals surface area contributed by atoms with Crippen molar-refractivity contribution in [1.82, 2.24) is 15.5 Å². The fourth-order valence-corrected chi connectivity index (χ4v) is 2.12. The number of nitrogens with zero attached hydrogens (tertiary/aromatic N) is 1. The first-order valence-corrected chi connectivity index (χ1v) is 7.28. The van der Waals surface area contributed by atoms with Gasteiger partial charge in [-0.1, -0.05) is 25.5 Å². The Morgan fingerprint density at radius 3 is 3.00 bits per heavy atom. The molecule has 1 amide bonds. The summed E-state index contributed by atoms with van der Waals surface area (Å²) in [5, 5.41) is 19.6. The summed E-state index contributed by atoms with van der Waals surface area (Å²) in [6.45, 7) is 2.17. The predicted molar refractivity (Wildman–Crippen MR) is 82.9 cm³/mol. The van der Waals surface area contributed by atoms with Gasteiger partial charge in [0, 0.05) is 12.2 Å². The van der Waals surface area contributed by atoms with E-state index < -0.39 is 6.10 Å². The van der Waals surface area contributed by atoms with Crippen LogP contribution in [-0.4, -0.2) is 34.9 Å². The molecule has 0 radical (unpaired) electrons. The average Bonchev–Trinajstić information content (AvgIpc) is 3.01. The van der Waals surface area contributed by atoms with Gasteiger partial charge in [-0.25, -0.2) is 0 Å². The van der Waals surface area contributed by atoms with E-state index >= 15 is 0 Å². The fourth-order valence-electron chi connectivity index (χ4n) is 2.12. The van der Waals surface area contributed by atoms with Crippen molar-refractivity contribution in [3.05, 3.63) is 47.3 Å². The van der Waals surface area contributed by atoms with Crippen molar-refractivity contribution in [2.24, 2.45) is 0 Å². The number of benzene rings is 1. The van der Waals surface area contributed by atoms with Gasteiger partial charge < -0.3 is 15.2 Å². The average molecular weight is 303 g/mol. The minimum Gasteiger partial charge on any atom is -0.497 e. The lowest BCUT2D eigenvalue weighted by Gasteiger charge is -2.12. The van der Waals surface area contributed by atoms with Crippen molar-refractivity contribution in [2.45, 2.75) is 25.9 Å². The van der Waals surface area contributed by atoms with Crippen LogP contribution >= 0.6 is 0 Å². The lowest BCUT2D eigenvalue weighted by molar-refractivity contribution is 0.0911. The van der Waals surface area contributed by atoms with E-state index in [4.69, 9.17) is 4.74 Å². The van der Waals surface area contributed by atoms with Crippen LogP contribution in [0.1, 0.15) is 41.2 Å². The SMILES string of the molecule is CCCc1cc(C(=O)NCC(O)c2cccc(OC)c2)n[nH]1. The summed E-state index contributed by atoms with van der Waals surface area (Å²) >= 11 is 0. The van der Waals surface area contributed by atoms with Gasteiger partial charge in [0.15, 0.2) is 0 Å². The summed E-state index contributed by atoms with van der Waals surface area (Å²) in [4.78, 5) is 12.0. The smallest absolute Gasteiger partial charge is 0.271 e. The quantitative estimate of drug-likeness (QED) is 0.728. The molecule has 1 atom stereocenters. The van der Waals surface area contributed by atoms with E-state index in [1.54, 1.807) is 37.4 Å². The number of ether oxygens (including phenoxy) is 1. The number of aliphatic hydroxyl groups excluding tert-OH is 1. The van der Waals surface area contributed by atoms with Crippen LogP contribution in [0.15, 0.2) is 30.3 Å². The number of H-pyrrole nitrogens is 1. The normalized spacial score (nSPS) is 12.0. The number of aliphatic hydroxyl groups is 1. The first-order chi connectivity index (χ1) is 10.6. The first kappa shape index (κ1) is 16.0. The molecule has 0 spiro atoms. The van der Waals surface area contributed by atoms with Gasteiger partial charge in [-0.05, 0) is 30.2 Å². The fraction of sp³-hybridized carbons (Fsp3) is 0.375. The van der Waals surface area contributed by atoms with Crippen molar-refractivity contribution in [2.75, 3.05) is 13.7 Å². The highest BCUT2D eigenvalue weighted by Crippen LogP contribution is 2.18. The molecule has 1 heterocycles. The van der Waals surface area contributed by atoms with Crippen LogP contribution in [0, 0.1) is 0 Å². The van der Waals surface area contributed by atoms with Crippen molar-refractivity contribution in [1.29, 1.82) is 0 Å². The largest absolute Gasteiger partial charge is 0.497 e. The number of hydrogen-bond acceptors (Lipinski definition) is 4. The lowest BCUT2D eigenvalue weighted by atomic mass is 10.1. The Hall–Kier alpha value is -2.34. The van der Waals surface area contributed by atoms with Crippen LogP contribution in [0.25, 0.3) is 0 Å². The third-order valence-electron chi connectivity index (χ3n) is 3.32. The molecule has 1 aromatic heterocycles. The molecule has 1 unspecified atom stereocenters. The minimum absolute atomic E-state index is 0.113. The van der Waals surface area contributed by atoms with Crippen LogP contribution < -0.4 is 10.1 Å². The monoisotopic (exact) mass is 303 g/mol. The molecule has 2 rings (SSSR count). The first-order valence-electron chi connectivity index (χ1n) is 7.28. The minimum atomic E-state index is -0.798. The van der Waals surface area contributed by atoms with Gasteiger partial charge in [0.1, 0.15) is 11.4 Å². The highest BCUT2D eigenvalue weighted by molar-refractivity contribution is 5.92. The summed E-state index contributed by atoms with van der Waals surface area (Å²) in [5.74, 6) is 0.361. The number of amides is 1. The van der Waals surface area contributed by atoms with Gasteiger partial charge in [-0.15, -0.1) is 0 Å². The number of carbonyl (C=O) groups is 1. The van der Waals surface area contributed by atoms with Crippen LogP contribution in [0.5, 0.6) is 5.75 Å². The maximum atomic E-state index is 12.0. The maximum Gasteiger partial charge on any atom is 0.271 e. The third-order valence-corrected chi connectivity index (χ3v) is 3.32. The molecule has 6 nitrogen and oxygen atoms in total. The van der Waals surface area contributed by atoms with E-state index in [9.17, 15) is 9.90 Å². The molecule has 1 aromatic carbocycles. The Labute approximate surface area is 129 Å². The number of aromatic amines is 1. The summed E-state index contributed by atoms with van der Waals surface area (Å²) in [5.41, 5.74) is 1.95. The number of nitrogens with one attached hydrogen (secondary N) is 2. The summed E-state index contributed by atoms with van der Waals surface area (Å²) in [7, 11) is 1.57. The second-order valence-corrected chi connectivity index (χ2v) is 5.03. The van der Waals surface area contributed by atoms with Crippen molar-refractivity contribution in [3.8, 4) is 5.75 Å². The second-order valence-electron chi connectivity index (χ2n) is 5.03. The molecule has 0 fully saturated rings. The Balaban J connectivity index is 1.91. The lowest BCUT2D eigenvalue weighted by Crippen LogP contribution is -2.28. The van der Waals surface area contributed by atoms with Gasteiger partial charge in [0.05, 0.1) is 13.2 Å². The van der Waals surface area contributed by atoms with E-state index in [1.807, 2.05) is 0 Å². The standard InChI is InChI=1S/C16H21N3O3/c1-3-5-12-9-14(19-18-12)16(21)17-10-15(20)11-6-4-7-13(8-11)22-2/h4,6-9,15,20H,3,5,10H2,1-2H3,(H,17,21)(H,18,19). The van der Waals surface area contributed by atoms with Gasteiger partial charge >= 0.3 is 0 Å². The number of methoxy groups -OCH3 is 1. The van der Waals surface area contributed by atoms with Crippen molar-refractivity contribution in [3.63, 3.8) is 0 Å². The van der Waals surface area contributed by atoms with E-state index in [-0.39, 0.29) is 12.5 Å². The molecule has 3 N–H and O–H groups in total. The van der Waals surface area contributed by atoms with Gasteiger partial charge in [0.2, 0.25) is 0 Å². The van der Waals surface area contributed by atoms with Gasteiger partial charge in [0.25, 0.3) is 5.91 Å². The zero-order valence-corrected chi connectivity index (χ0v) is 12.8. The third kappa shape index (κ3) is 4.08. The number of carbonyl (C=O) groups excluding carboxylic acids is 1. The van der Waals surface area contributed by atoms with Crippen LogP contribution in [0.2, 0.25) is 0 Å². The molecule has 0 aliphatic carbocycles. The summed E-state index contributed by atoms with van der Waals surface area (Å²) in [6, 6.07) is 8.85. The summed E-state index contributed by atoms with van der Waals surface area (Å²) < 4.78 is 5.11. The Morgan fingerprint density at radius 1 is 1.45 bits per heavy atom. The molecule has 22 heavy (non-hydrogen) atoms. The van der Waals surface area contributed by atoms with E-state index in [1.165, 1.54) is 0 Å². The number of hydrogen-bond donors (Lipinski definition) is 3. The van der Waals surface area contributed by atoms with Crippen LogP contribution in [0.3, 0.4) is 0 Å². The molecular weight excluding hydrogens is 282 g/mol. The van der Waals surface area contributed by atoms with E-state index in [2.05, 4.69) is 22.4 Å². The number of aromatic nitrogens is 2. The Morgan fingerprint density at radius 2 is 2.27 bits per heavy atom. The molecule has 118 valence electrons. The van der Waals surface area contributed by atoms with E-state index in [0.29, 0.717) is 17.0 Å². The summed E-state index contributed by atoms with van der Waals surface area (Å²) in [6.07, 6.45) is 1.04. The zero-order chi connectivity index (χ0) is 15.9. The van der Waals surface area contributed by atoms with Crippen LogP contribution in [-0.2, 0) is 6.42 Å². The predicted octanol–water partition coefficient (Wildman–Crippen LogP) is 1.83. The van der Waals surface area contributed by atoms with Crippen molar-refractivity contribution < 1.29 is 14.6 Å². The molecule has 0 aliphatic rings. The molecule has 0 saturated heterocycles. The molecule has 2 aromatic rings. The maximum absolute atomic E-state index is 12.0. The number of rotatable bonds is 7. The van der Waals surface area contributed by atoms with Crippen LogP contribution in [0.4, 0.5) is 0 Å². The molecular formula is C16H21N3O3. The molecule has 6 heteroatoms. The zero-order valence-electron chi connectivity index (χ0n) is 12.8. The second kappa shape index (κ2) is 7.61. The molecule has 0 saturated carbocycles.